The van der Waals surface area contributed by atoms with Crippen LogP contribution in [-0.2, 0) is 9.59 Å². The van der Waals surface area contributed by atoms with Gasteiger partial charge in [0.1, 0.15) is 0 Å². The number of ether oxygens (including phenoxy) is 2. The monoisotopic (exact) mass is 388 g/mol. The van der Waals surface area contributed by atoms with E-state index in [0.717, 1.165) is 5.69 Å². The SMILES string of the molecule is CCN(C(=O)CSCC(=O)Nc1ccc(OC)c(OC)c1)c1ccccc1. The molecule has 2 aromatic carbocycles. The van der Waals surface area contributed by atoms with E-state index in [2.05, 4.69) is 5.32 Å². The fraction of sp³-hybridized carbons (Fsp3) is 0.300. The van der Waals surface area contributed by atoms with E-state index in [-0.39, 0.29) is 23.3 Å². The molecule has 0 unspecified atom stereocenters. The van der Waals surface area contributed by atoms with E-state index in [1.54, 1.807) is 30.2 Å². The first-order chi connectivity index (χ1) is 13.1. The van der Waals surface area contributed by atoms with Crippen LogP contribution in [0.25, 0.3) is 0 Å². The first kappa shape index (κ1) is 20.6. The Hall–Kier alpha value is -2.67. The summed E-state index contributed by atoms with van der Waals surface area (Å²) in [5, 5.41) is 2.80. The highest BCUT2D eigenvalue weighted by molar-refractivity contribution is 8.00. The van der Waals surface area contributed by atoms with E-state index in [4.69, 9.17) is 9.47 Å². The van der Waals surface area contributed by atoms with Crippen molar-refractivity contribution in [1.82, 2.24) is 0 Å². The second kappa shape index (κ2) is 10.5. The molecule has 0 radical (unpaired) electrons. The summed E-state index contributed by atoms with van der Waals surface area (Å²) in [6.07, 6.45) is 0. The molecule has 0 atom stereocenters. The molecule has 2 aromatic rings. The Morgan fingerprint density at radius 1 is 1.00 bits per heavy atom. The average molecular weight is 388 g/mol. The van der Waals surface area contributed by atoms with Crippen molar-refractivity contribution in [2.24, 2.45) is 0 Å². The van der Waals surface area contributed by atoms with Gasteiger partial charge in [-0.3, -0.25) is 9.59 Å². The normalized spacial score (nSPS) is 10.2. The molecule has 144 valence electrons. The number of rotatable bonds is 9. The molecule has 0 saturated carbocycles. The third-order valence-electron chi connectivity index (χ3n) is 3.81. The Labute approximate surface area is 163 Å². The van der Waals surface area contributed by atoms with Gasteiger partial charge < -0.3 is 19.7 Å². The molecule has 2 amide bonds. The Morgan fingerprint density at radius 2 is 1.70 bits per heavy atom. The van der Waals surface area contributed by atoms with Gasteiger partial charge in [-0.2, -0.15) is 0 Å². The predicted molar refractivity (Wildman–Crippen MR) is 110 cm³/mol. The smallest absolute Gasteiger partial charge is 0.236 e. The van der Waals surface area contributed by atoms with Crippen LogP contribution in [-0.4, -0.2) is 44.1 Å². The van der Waals surface area contributed by atoms with Crippen molar-refractivity contribution in [3.63, 3.8) is 0 Å². The summed E-state index contributed by atoms with van der Waals surface area (Å²) >= 11 is 1.29. The second-order valence-corrected chi connectivity index (χ2v) is 6.57. The number of methoxy groups -OCH3 is 2. The van der Waals surface area contributed by atoms with Crippen molar-refractivity contribution >= 4 is 35.0 Å². The summed E-state index contributed by atoms with van der Waals surface area (Å²) in [7, 11) is 3.09. The molecular weight excluding hydrogens is 364 g/mol. The molecule has 0 saturated heterocycles. The van der Waals surface area contributed by atoms with Gasteiger partial charge >= 0.3 is 0 Å². The highest BCUT2D eigenvalue weighted by Gasteiger charge is 2.14. The first-order valence-electron chi connectivity index (χ1n) is 8.54. The number of benzene rings is 2. The lowest BCUT2D eigenvalue weighted by Crippen LogP contribution is -2.32. The summed E-state index contributed by atoms with van der Waals surface area (Å²) in [6.45, 7) is 2.51. The van der Waals surface area contributed by atoms with E-state index < -0.39 is 0 Å². The fourth-order valence-electron chi connectivity index (χ4n) is 2.53. The van der Waals surface area contributed by atoms with Crippen LogP contribution in [0.2, 0.25) is 0 Å². The Morgan fingerprint density at radius 3 is 2.33 bits per heavy atom. The summed E-state index contributed by atoms with van der Waals surface area (Å²) in [6, 6.07) is 14.7. The zero-order chi connectivity index (χ0) is 19.6. The van der Waals surface area contributed by atoms with Crippen LogP contribution >= 0.6 is 11.8 Å². The van der Waals surface area contributed by atoms with Crippen LogP contribution in [0.15, 0.2) is 48.5 Å². The lowest BCUT2D eigenvalue weighted by atomic mass is 10.2. The van der Waals surface area contributed by atoms with Crippen molar-refractivity contribution in [3.8, 4) is 11.5 Å². The van der Waals surface area contributed by atoms with Gasteiger partial charge in [0.05, 0.1) is 25.7 Å². The van der Waals surface area contributed by atoms with Crippen molar-refractivity contribution in [2.75, 3.05) is 42.5 Å². The molecule has 27 heavy (non-hydrogen) atoms. The lowest BCUT2D eigenvalue weighted by Gasteiger charge is -2.20. The van der Waals surface area contributed by atoms with E-state index in [9.17, 15) is 9.59 Å². The predicted octanol–water partition coefficient (Wildman–Crippen LogP) is 3.43. The van der Waals surface area contributed by atoms with Crippen molar-refractivity contribution in [1.29, 1.82) is 0 Å². The van der Waals surface area contributed by atoms with Crippen LogP contribution in [0.3, 0.4) is 0 Å². The van der Waals surface area contributed by atoms with Gasteiger partial charge in [-0.1, -0.05) is 18.2 Å². The van der Waals surface area contributed by atoms with E-state index in [1.165, 1.54) is 18.9 Å². The Kier molecular flexibility index (Phi) is 8.00. The number of nitrogens with zero attached hydrogens (tertiary/aromatic N) is 1. The van der Waals surface area contributed by atoms with Crippen molar-refractivity contribution < 1.29 is 19.1 Å². The van der Waals surface area contributed by atoms with Crippen molar-refractivity contribution in [3.05, 3.63) is 48.5 Å². The number of carbonyl (C=O) groups excluding carboxylic acids is 2. The fourth-order valence-corrected chi connectivity index (χ4v) is 3.22. The van der Waals surface area contributed by atoms with Gasteiger partial charge in [0.25, 0.3) is 0 Å². The molecule has 0 aromatic heterocycles. The molecule has 7 heteroatoms. The van der Waals surface area contributed by atoms with E-state index >= 15 is 0 Å². The molecule has 0 spiro atoms. The van der Waals surface area contributed by atoms with Gasteiger partial charge in [-0.15, -0.1) is 11.8 Å². The molecule has 0 fully saturated rings. The number of hydrogen-bond acceptors (Lipinski definition) is 5. The lowest BCUT2D eigenvalue weighted by molar-refractivity contribution is -0.116. The minimum atomic E-state index is -0.178. The molecular formula is C20H24N2O4S. The minimum Gasteiger partial charge on any atom is -0.493 e. The third kappa shape index (κ3) is 5.92. The highest BCUT2D eigenvalue weighted by Crippen LogP contribution is 2.29. The van der Waals surface area contributed by atoms with Crippen LogP contribution in [0.5, 0.6) is 11.5 Å². The number of anilines is 2. The topological polar surface area (TPSA) is 67.9 Å². The minimum absolute atomic E-state index is 0.0207. The molecule has 0 aliphatic carbocycles. The Balaban J connectivity index is 1.84. The van der Waals surface area contributed by atoms with Crippen LogP contribution in [0.4, 0.5) is 11.4 Å². The molecule has 0 bridgehead atoms. The first-order valence-corrected chi connectivity index (χ1v) is 9.69. The maximum atomic E-state index is 12.4. The summed E-state index contributed by atoms with van der Waals surface area (Å²) in [4.78, 5) is 26.2. The number of thioether (sulfide) groups is 1. The quantitative estimate of drug-likeness (QED) is 0.713. The molecule has 0 aliphatic heterocycles. The largest absolute Gasteiger partial charge is 0.493 e. The number of carbonyl (C=O) groups is 2. The number of hydrogen-bond donors (Lipinski definition) is 1. The zero-order valence-electron chi connectivity index (χ0n) is 15.7. The highest BCUT2D eigenvalue weighted by atomic mass is 32.2. The molecule has 0 heterocycles. The van der Waals surface area contributed by atoms with Gasteiger partial charge in [0.15, 0.2) is 11.5 Å². The average Bonchev–Trinajstić information content (AvgIpc) is 2.69. The van der Waals surface area contributed by atoms with E-state index in [0.29, 0.717) is 23.7 Å². The van der Waals surface area contributed by atoms with E-state index in [1.807, 2.05) is 37.3 Å². The van der Waals surface area contributed by atoms with Gasteiger partial charge in [-0.05, 0) is 31.2 Å². The summed E-state index contributed by atoms with van der Waals surface area (Å²) < 4.78 is 10.4. The Bertz CT molecular complexity index is 768. The number of amides is 2. The summed E-state index contributed by atoms with van der Waals surface area (Å²) in [5.74, 6) is 1.36. The molecule has 1 N–H and O–H groups in total. The van der Waals surface area contributed by atoms with Crippen molar-refractivity contribution in [2.45, 2.75) is 6.92 Å². The summed E-state index contributed by atoms with van der Waals surface area (Å²) in [5.41, 5.74) is 1.48. The van der Waals surface area contributed by atoms with Crippen LogP contribution in [0, 0.1) is 0 Å². The molecule has 0 aliphatic rings. The molecule has 6 nitrogen and oxygen atoms in total. The van der Waals surface area contributed by atoms with Crippen LogP contribution < -0.4 is 19.7 Å². The van der Waals surface area contributed by atoms with Gasteiger partial charge in [0.2, 0.25) is 11.8 Å². The van der Waals surface area contributed by atoms with Gasteiger partial charge in [0, 0.05) is 24.0 Å². The zero-order valence-corrected chi connectivity index (χ0v) is 16.5. The maximum absolute atomic E-state index is 12.4. The second-order valence-electron chi connectivity index (χ2n) is 5.58. The number of para-hydroxylation sites is 1. The van der Waals surface area contributed by atoms with Crippen LogP contribution in [0.1, 0.15) is 6.92 Å². The standard InChI is InChI=1S/C20H24N2O4S/c1-4-22(16-8-6-5-7-9-16)20(24)14-27-13-19(23)21-15-10-11-17(25-2)18(12-15)26-3/h5-12H,4,13-14H2,1-3H3,(H,21,23). The maximum Gasteiger partial charge on any atom is 0.236 e. The third-order valence-corrected chi connectivity index (χ3v) is 4.73. The molecule has 2 rings (SSSR count). The van der Waals surface area contributed by atoms with Gasteiger partial charge in [-0.25, -0.2) is 0 Å². The number of nitrogens with one attached hydrogen (secondary N) is 1.